The van der Waals surface area contributed by atoms with E-state index in [1.165, 1.54) is 0 Å². The molecular formula is C8H14N2O2S. The van der Waals surface area contributed by atoms with Gasteiger partial charge in [-0.2, -0.15) is 0 Å². The van der Waals surface area contributed by atoms with Crippen molar-refractivity contribution in [1.82, 2.24) is 4.68 Å². The van der Waals surface area contributed by atoms with E-state index < -0.39 is 9.84 Å². The molecule has 0 aliphatic carbocycles. The molecule has 74 valence electrons. The van der Waals surface area contributed by atoms with Gasteiger partial charge in [0.25, 0.3) is 0 Å². The molecular weight excluding hydrogens is 188 g/mol. The van der Waals surface area contributed by atoms with Crippen molar-refractivity contribution in [2.24, 2.45) is 0 Å². The number of sulfone groups is 1. The van der Waals surface area contributed by atoms with Crippen molar-refractivity contribution in [3.8, 4) is 0 Å². The van der Waals surface area contributed by atoms with Crippen molar-refractivity contribution in [3.05, 3.63) is 24.5 Å². The van der Waals surface area contributed by atoms with Crippen LogP contribution in [0, 0.1) is 0 Å². The van der Waals surface area contributed by atoms with Crippen molar-refractivity contribution in [2.45, 2.75) is 6.92 Å². The minimum absolute atomic E-state index is 0.182. The molecule has 1 heterocycles. The fourth-order valence-electron chi connectivity index (χ4n) is 0.915. The molecule has 1 rings (SSSR count). The van der Waals surface area contributed by atoms with Gasteiger partial charge in [0.1, 0.15) is 0 Å². The third-order valence-electron chi connectivity index (χ3n) is 1.75. The molecule has 0 bridgehead atoms. The third kappa shape index (κ3) is 3.50. The first-order valence-electron chi connectivity index (χ1n) is 4.21. The van der Waals surface area contributed by atoms with Gasteiger partial charge in [0.05, 0.1) is 5.75 Å². The van der Waals surface area contributed by atoms with Gasteiger partial charge < -0.3 is 5.43 Å². The van der Waals surface area contributed by atoms with Crippen molar-refractivity contribution < 1.29 is 8.42 Å². The summed E-state index contributed by atoms with van der Waals surface area (Å²) < 4.78 is 23.9. The Kier molecular flexibility index (Phi) is 3.36. The van der Waals surface area contributed by atoms with Crippen LogP contribution in [0.1, 0.15) is 6.92 Å². The first-order chi connectivity index (χ1) is 6.14. The van der Waals surface area contributed by atoms with E-state index in [1.807, 2.05) is 24.5 Å². The van der Waals surface area contributed by atoms with Gasteiger partial charge in [-0.25, -0.2) is 8.42 Å². The maximum Gasteiger partial charge on any atom is 0.151 e. The topological polar surface area (TPSA) is 51.1 Å². The summed E-state index contributed by atoms with van der Waals surface area (Å²) in [6.07, 6.45) is 3.66. The largest absolute Gasteiger partial charge is 0.325 e. The Hall–Kier alpha value is -0.970. The van der Waals surface area contributed by atoms with Crippen LogP contribution in [0.2, 0.25) is 0 Å². The Balaban J connectivity index is 2.30. The molecule has 0 amide bonds. The maximum atomic E-state index is 11.1. The van der Waals surface area contributed by atoms with E-state index in [0.717, 1.165) is 0 Å². The van der Waals surface area contributed by atoms with Crippen LogP contribution in [0.25, 0.3) is 0 Å². The highest BCUT2D eigenvalue weighted by Crippen LogP contribution is 1.89. The highest BCUT2D eigenvalue weighted by molar-refractivity contribution is 7.91. The molecule has 0 spiro atoms. The lowest BCUT2D eigenvalue weighted by molar-refractivity contribution is 0.596. The summed E-state index contributed by atoms with van der Waals surface area (Å²) in [5.41, 5.74) is 2.95. The molecule has 0 saturated heterocycles. The fourth-order valence-corrected chi connectivity index (χ4v) is 1.61. The number of hydrogen-bond acceptors (Lipinski definition) is 3. The average Bonchev–Trinajstić information content (AvgIpc) is 2.57. The van der Waals surface area contributed by atoms with Gasteiger partial charge in [0.15, 0.2) is 9.84 Å². The number of nitrogens with one attached hydrogen (secondary N) is 1. The van der Waals surface area contributed by atoms with Crippen LogP contribution in [-0.2, 0) is 9.84 Å². The predicted octanol–water partition coefficient (Wildman–Crippen LogP) is 0.466. The van der Waals surface area contributed by atoms with Crippen LogP contribution in [-0.4, -0.2) is 31.1 Å². The fraction of sp³-hybridized carbons (Fsp3) is 0.500. The molecule has 1 aromatic rings. The molecule has 5 heteroatoms. The molecule has 4 nitrogen and oxygen atoms in total. The average molecular weight is 202 g/mol. The SMILES string of the molecule is CCS(=O)(=O)CCNn1cccc1. The quantitative estimate of drug-likeness (QED) is 0.755. The highest BCUT2D eigenvalue weighted by atomic mass is 32.2. The van der Waals surface area contributed by atoms with E-state index in [-0.39, 0.29) is 11.5 Å². The van der Waals surface area contributed by atoms with Crippen LogP contribution >= 0.6 is 0 Å². The predicted molar refractivity (Wildman–Crippen MR) is 53.0 cm³/mol. The van der Waals surface area contributed by atoms with E-state index in [9.17, 15) is 8.42 Å². The Morgan fingerprint density at radius 1 is 1.31 bits per heavy atom. The van der Waals surface area contributed by atoms with Gasteiger partial charge >= 0.3 is 0 Å². The van der Waals surface area contributed by atoms with Crippen molar-refractivity contribution >= 4 is 9.84 Å². The van der Waals surface area contributed by atoms with Gasteiger partial charge in [-0.05, 0) is 12.1 Å². The standard InChI is InChI=1S/C8H14N2O2S/c1-2-13(11,12)8-5-9-10-6-3-4-7-10/h3-4,6-7,9H,2,5,8H2,1H3. The van der Waals surface area contributed by atoms with Crippen LogP contribution in [0.3, 0.4) is 0 Å². The lowest BCUT2D eigenvalue weighted by atomic mass is 10.7. The summed E-state index contributed by atoms with van der Waals surface area (Å²) >= 11 is 0. The second-order valence-corrected chi connectivity index (χ2v) is 5.21. The molecule has 0 aromatic carbocycles. The van der Waals surface area contributed by atoms with Gasteiger partial charge in [-0.15, -0.1) is 0 Å². The lowest BCUT2D eigenvalue weighted by Gasteiger charge is -2.06. The smallest absolute Gasteiger partial charge is 0.151 e. The molecule has 1 N–H and O–H groups in total. The number of hydrogen-bond donors (Lipinski definition) is 1. The summed E-state index contributed by atoms with van der Waals surface area (Å²) in [4.78, 5) is 0. The Bertz CT molecular complexity index is 329. The first kappa shape index (κ1) is 10.1. The normalized spacial score (nSPS) is 11.5. The molecule has 0 radical (unpaired) electrons. The van der Waals surface area contributed by atoms with Crippen LogP contribution < -0.4 is 5.43 Å². The molecule has 13 heavy (non-hydrogen) atoms. The molecule has 0 aliphatic rings. The Morgan fingerprint density at radius 2 is 1.92 bits per heavy atom. The molecule has 0 atom stereocenters. The van der Waals surface area contributed by atoms with Crippen LogP contribution in [0.15, 0.2) is 24.5 Å². The summed E-state index contributed by atoms with van der Waals surface area (Å²) in [5, 5.41) is 0. The third-order valence-corrected chi connectivity index (χ3v) is 3.46. The van der Waals surface area contributed by atoms with Gasteiger partial charge in [-0.1, -0.05) is 6.92 Å². The van der Waals surface area contributed by atoms with Gasteiger partial charge in [-0.3, -0.25) is 4.68 Å². The van der Waals surface area contributed by atoms with Crippen LogP contribution in [0.5, 0.6) is 0 Å². The Labute approximate surface area is 78.5 Å². The summed E-state index contributed by atoms with van der Waals surface area (Å²) in [6.45, 7) is 2.11. The monoisotopic (exact) mass is 202 g/mol. The summed E-state index contributed by atoms with van der Waals surface area (Å²) in [7, 11) is -2.85. The molecule has 0 aliphatic heterocycles. The minimum Gasteiger partial charge on any atom is -0.325 e. The van der Waals surface area contributed by atoms with E-state index >= 15 is 0 Å². The number of aromatic nitrogens is 1. The summed E-state index contributed by atoms with van der Waals surface area (Å²) in [6, 6.07) is 3.75. The summed E-state index contributed by atoms with van der Waals surface area (Å²) in [5.74, 6) is 0.391. The van der Waals surface area contributed by atoms with Crippen molar-refractivity contribution in [3.63, 3.8) is 0 Å². The molecule has 0 saturated carbocycles. The molecule has 1 aromatic heterocycles. The van der Waals surface area contributed by atoms with Gasteiger partial charge in [0, 0.05) is 24.7 Å². The molecule has 0 fully saturated rings. The van der Waals surface area contributed by atoms with Crippen molar-refractivity contribution in [1.29, 1.82) is 0 Å². The Morgan fingerprint density at radius 3 is 2.46 bits per heavy atom. The van der Waals surface area contributed by atoms with E-state index in [2.05, 4.69) is 5.43 Å². The highest BCUT2D eigenvalue weighted by Gasteiger charge is 2.05. The zero-order valence-electron chi connectivity index (χ0n) is 7.60. The number of rotatable bonds is 5. The van der Waals surface area contributed by atoms with E-state index in [0.29, 0.717) is 6.54 Å². The first-order valence-corrected chi connectivity index (χ1v) is 6.03. The second-order valence-electron chi connectivity index (χ2n) is 2.73. The van der Waals surface area contributed by atoms with E-state index in [1.54, 1.807) is 11.6 Å². The van der Waals surface area contributed by atoms with Crippen molar-refractivity contribution in [2.75, 3.05) is 23.5 Å². The number of nitrogens with zero attached hydrogens (tertiary/aromatic N) is 1. The second kappa shape index (κ2) is 4.32. The van der Waals surface area contributed by atoms with Crippen LogP contribution in [0.4, 0.5) is 0 Å². The van der Waals surface area contributed by atoms with E-state index in [4.69, 9.17) is 0 Å². The molecule has 0 unspecified atom stereocenters. The lowest BCUT2D eigenvalue weighted by Crippen LogP contribution is -2.22. The maximum absolute atomic E-state index is 11.1. The minimum atomic E-state index is -2.85. The zero-order valence-corrected chi connectivity index (χ0v) is 8.42. The zero-order chi connectivity index (χ0) is 9.73. The van der Waals surface area contributed by atoms with Gasteiger partial charge in [0.2, 0.25) is 0 Å².